The van der Waals surface area contributed by atoms with Crippen LogP contribution in [0.15, 0.2) is 36.4 Å². The molecular weight excluding hydrogens is 430 g/mol. The van der Waals surface area contributed by atoms with E-state index < -0.39 is 7.92 Å². The van der Waals surface area contributed by atoms with Gasteiger partial charge in [-0.1, -0.05) is 86.1 Å². The van der Waals surface area contributed by atoms with Crippen molar-refractivity contribution in [3.05, 3.63) is 36.4 Å². The molecule has 0 N–H and O–H groups in total. The van der Waals surface area contributed by atoms with Gasteiger partial charge in [0.05, 0.1) is 0 Å². The van der Waals surface area contributed by atoms with Crippen molar-refractivity contribution in [3.63, 3.8) is 0 Å². The van der Waals surface area contributed by atoms with Crippen LogP contribution in [-0.2, 0) is 0 Å². The third-order valence-electron chi connectivity index (χ3n) is 6.49. The van der Waals surface area contributed by atoms with Crippen molar-refractivity contribution < 1.29 is 9.47 Å². The first-order valence-electron chi connectivity index (χ1n) is 12.3. The van der Waals surface area contributed by atoms with E-state index in [1.165, 1.54) is 40.7 Å². The van der Waals surface area contributed by atoms with E-state index in [0.29, 0.717) is 17.7 Å². The second-order valence-corrected chi connectivity index (χ2v) is 16.3. The molecule has 0 amide bonds. The van der Waals surface area contributed by atoms with Gasteiger partial charge in [0.2, 0.25) is 0 Å². The molecule has 0 bridgehead atoms. The lowest BCUT2D eigenvalue weighted by atomic mass is 10.0. The van der Waals surface area contributed by atoms with E-state index in [-0.39, 0.29) is 18.9 Å². The van der Waals surface area contributed by atoms with Crippen molar-refractivity contribution in [1.29, 1.82) is 0 Å². The zero-order valence-electron chi connectivity index (χ0n) is 21.1. The third kappa shape index (κ3) is 4.23. The van der Waals surface area contributed by atoms with Crippen molar-refractivity contribution in [2.24, 2.45) is 11.8 Å². The Labute approximate surface area is 198 Å². The van der Waals surface area contributed by atoms with Gasteiger partial charge < -0.3 is 9.47 Å². The number of hydrogen-bond donors (Lipinski definition) is 0. The van der Waals surface area contributed by atoms with E-state index in [4.69, 9.17) is 9.47 Å². The molecule has 0 radical (unpaired) electrons. The van der Waals surface area contributed by atoms with Crippen LogP contribution in [0.2, 0.25) is 0 Å². The highest BCUT2D eigenvalue weighted by molar-refractivity contribution is 7.69. The van der Waals surface area contributed by atoms with Crippen LogP contribution >= 0.6 is 15.8 Å². The van der Waals surface area contributed by atoms with E-state index >= 15 is 0 Å². The fourth-order valence-electron chi connectivity index (χ4n) is 5.06. The Morgan fingerprint density at radius 3 is 1.88 bits per heavy atom. The molecule has 0 saturated heterocycles. The van der Waals surface area contributed by atoms with E-state index in [0.717, 1.165) is 11.5 Å². The molecule has 0 aliphatic carbocycles. The normalized spacial score (nSPS) is 24.4. The van der Waals surface area contributed by atoms with E-state index in [1.807, 2.05) is 0 Å². The second kappa shape index (κ2) is 9.27. The van der Waals surface area contributed by atoms with Gasteiger partial charge in [0.15, 0.2) is 0 Å². The van der Waals surface area contributed by atoms with Gasteiger partial charge in [0.1, 0.15) is 23.2 Å². The summed E-state index contributed by atoms with van der Waals surface area (Å²) in [6.07, 6.45) is 3.76. The van der Waals surface area contributed by atoms with Crippen LogP contribution in [0.1, 0.15) is 68.2 Å². The lowest BCUT2D eigenvalue weighted by Gasteiger charge is -2.34. The highest BCUT2D eigenvalue weighted by Gasteiger charge is 2.45. The van der Waals surface area contributed by atoms with Gasteiger partial charge in [-0.15, -0.1) is 0 Å². The molecule has 174 valence electrons. The van der Waals surface area contributed by atoms with E-state index in [1.54, 1.807) is 0 Å². The fourth-order valence-corrected chi connectivity index (χ4v) is 11.6. The Hall–Kier alpha value is -1.10. The van der Waals surface area contributed by atoms with Gasteiger partial charge in [-0.3, -0.25) is 0 Å². The molecular formula is C28H40O2P2. The number of unbranched alkanes of at least 4 members (excludes halogenated alkanes) is 1. The Morgan fingerprint density at radius 2 is 1.34 bits per heavy atom. The quantitative estimate of drug-likeness (QED) is 0.399. The van der Waals surface area contributed by atoms with Crippen LogP contribution < -0.4 is 20.1 Å². The molecule has 0 saturated carbocycles. The van der Waals surface area contributed by atoms with Crippen LogP contribution in [-0.4, -0.2) is 23.0 Å². The lowest BCUT2D eigenvalue weighted by molar-refractivity contribution is 0.240. The molecule has 4 rings (SSSR count). The Kier molecular flexibility index (Phi) is 6.96. The van der Waals surface area contributed by atoms with Gasteiger partial charge in [0.25, 0.3) is 0 Å². The Morgan fingerprint density at radius 1 is 0.812 bits per heavy atom. The first-order valence-corrected chi connectivity index (χ1v) is 15.3. The zero-order chi connectivity index (χ0) is 23.2. The van der Waals surface area contributed by atoms with Crippen molar-refractivity contribution in [2.45, 2.75) is 85.1 Å². The minimum atomic E-state index is -0.461. The molecule has 2 aliphatic rings. The number of fused-ring (bicyclic) bond motifs is 2. The molecule has 2 aromatic rings. The van der Waals surface area contributed by atoms with Crippen LogP contribution in [0.25, 0.3) is 11.1 Å². The van der Waals surface area contributed by atoms with Crippen molar-refractivity contribution in [1.82, 2.24) is 0 Å². The maximum absolute atomic E-state index is 6.64. The van der Waals surface area contributed by atoms with Crippen molar-refractivity contribution in [3.8, 4) is 22.6 Å². The van der Waals surface area contributed by atoms with Crippen LogP contribution in [0, 0.1) is 11.8 Å². The molecule has 0 spiro atoms. The highest BCUT2D eigenvalue weighted by atomic mass is 31.1. The zero-order valence-corrected chi connectivity index (χ0v) is 22.9. The molecule has 2 aromatic carbocycles. The summed E-state index contributed by atoms with van der Waals surface area (Å²) in [5.41, 5.74) is 2.79. The number of ether oxygens (including phenoxy) is 2. The average molecular weight is 471 g/mol. The van der Waals surface area contributed by atoms with Crippen LogP contribution in [0.4, 0.5) is 0 Å². The standard InChI is InChI=1S/C28H40O2P2/c1-9-10-17-31-24-20(13-11-15-22(24)29-26(31)18(2)3)21-14-12-16-23-25(21)32(28(6,7)8)27(30-23)19(4)5/h11-16,18-19,26-27H,9-10,17H2,1-8H3/t26-,27-,31-,32+/m0/s1. The van der Waals surface area contributed by atoms with Gasteiger partial charge in [-0.25, -0.2) is 0 Å². The summed E-state index contributed by atoms with van der Waals surface area (Å²) in [4.78, 5) is 0. The SMILES string of the molecule is CCCC[P@@]1c2c(cccc2-c2cccc3c2[P@@](C(C)(C)C)[C@@H](C(C)C)O3)O[C@@H]1C(C)C. The summed E-state index contributed by atoms with van der Waals surface area (Å²) in [5.74, 6) is 3.86. The predicted molar refractivity (Wildman–Crippen MR) is 143 cm³/mol. The van der Waals surface area contributed by atoms with E-state index in [9.17, 15) is 0 Å². The number of benzene rings is 2. The lowest BCUT2D eigenvalue weighted by Crippen LogP contribution is -2.28. The first-order chi connectivity index (χ1) is 15.1. The van der Waals surface area contributed by atoms with Crippen molar-refractivity contribution in [2.75, 3.05) is 6.16 Å². The molecule has 2 aliphatic heterocycles. The average Bonchev–Trinajstić information content (AvgIpc) is 3.31. The molecule has 0 fully saturated rings. The summed E-state index contributed by atoms with van der Waals surface area (Å²) >= 11 is 0. The Bertz CT molecular complexity index is 960. The smallest absolute Gasteiger partial charge is 0.128 e. The van der Waals surface area contributed by atoms with Gasteiger partial charge in [0, 0.05) is 10.6 Å². The summed E-state index contributed by atoms with van der Waals surface area (Å²) in [7, 11) is -0.803. The largest absolute Gasteiger partial charge is 0.485 e. The van der Waals surface area contributed by atoms with Gasteiger partial charge >= 0.3 is 0 Å². The molecule has 4 heteroatoms. The first kappa shape index (κ1) is 24.0. The number of hydrogen-bond acceptors (Lipinski definition) is 2. The molecule has 0 unspecified atom stereocenters. The van der Waals surface area contributed by atoms with Gasteiger partial charge in [-0.2, -0.15) is 0 Å². The van der Waals surface area contributed by atoms with Crippen LogP contribution in [0.5, 0.6) is 11.5 Å². The van der Waals surface area contributed by atoms with Crippen molar-refractivity contribution >= 4 is 26.5 Å². The molecule has 2 heterocycles. The fraction of sp³-hybridized carbons (Fsp3) is 0.571. The number of rotatable bonds is 6. The minimum Gasteiger partial charge on any atom is -0.485 e. The molecule has 2 nitrogen and oxygen atoms in total. The monoisotopic (exact) mass is 470 g/mol. The predicted octanol–water partition coefficient (Wildman–Crippen LogP) is 7.92. The maximum atomic E-state index is 6.64. The topological polar surface area (TPSA) is 18.5 Å². The van der Waals surface area contributed by atoms with Gasteiger partial charge in [-0.05, 0) is 68.7 Å². The molecule has 32 heavy (non-hydrogen) atoms. The summed E-state index contributed by atoms with van der Waals surface area (Å²) in [5, 5.41) is 3.16. The minimum absolute atomic E-state index is 0.188. The van der Waals surface area contributed by atoms with Crippen LogP contribution in [0.3, 0.4) is 0 Å². The van der Waals surface area contributed by atoms with E-state index in [2.05, 4.69) is 91.8 Å². The molecule has 4 atom stereocenters. The Balaban J connectivity index is 1.89. The molecule has 0 aromatic heterocycles. The maximum Gasteiger partial charge on any atom is 0.128 e. The summed E-state index contributed by atoms with van der Waals surface area (Å²) in [6.45, 7) is 18.7. The third-order valence-corrected chi connectivity index (χ3v) is 13.2. The second-order valence-electron chi connectivity index (χ2n) is 10.9. The summed E-state index contributed by atoms with van der Waals surface area (Å²) in [6, 6.07) is 13.5. The highest BCUT2D eigenvalue weighted by Crippen LogP contribution is 2.62. The summed E-state index contributed by atoms with van der Waals surface area (Å²) < 4.78 is 13.3.